The smallest absolute Gasteiger partial charge is 0.426 e. The summed E-state index contributed by atoms with van der Waals surface area (Å²) in [7, 11) is 6.04. The van der Waals surface area contributed by atoms with Crippen LogP contribution in [0.5, 0.6) is 5.75 Å². The summed E-state index contributed by atoms with van der Waals surface area (Å²) in [5, 5.41) is 5.90. The summed E-state index contributed by atoms with van der Waals surface area (Å²) in [5.41, 5.74) is 4.98. The molecule has 2 N–H and O–H groups in total. The molecular weight excluding hydrogens is 464 g/mol. The standard InChI is InChI=1S/C30H38N4O3/c1-33(2)30(24-7-5-4-6-8-24)15-11-22(12-16-30)20-32-29(35)37-34-17-13-23(14-18-34)27-21-31-28-10-9-25(36-3)19-26(27)28/h4-10,13,19,21-22,31H,11-12,14-18,20H2,1-3H3,(H,32,35). The molecule has 5 rings (SSSR count). The van der Waals surface area contributed by atoms with Gasteiger partial charge in [0.05, 0.1) is 13.7 Å². The van der Waals surface area contributed by atoms with E-state index in [9.17, 15) is 4.79 Å². The highest BCUT2D eigenvalue weighted by Gasteiger charge is 2.38. The van der Waals surface area contributed by atoms with E-state index in [1.165, 1.54) is 16.7 Å². The van der Waals surface area contributed by atoms with Gasteiger partial charge in [0.25, 0.3) is 0 Å². The van der Waals surface area contributed by atoms with Crippen molar-refractivity contribution in [3.8, 4) is 5.75 Å². The van der Waals surface area contributed by atoms with Crippen LogP contribution < -0.4 is 10.1 Å². The van der Waals surface area contributed by atoms with Gasteiger partial charge in [-0.2, -0.15) is 0 Å². The highest BCUT2D eigenvalue weighted by molar-refractivity contribution is 5.93. The average Bonchev–Trinajstić information content (AvgIpc) is 3.36. The Labute approximate surface area is 219 Å². The van der Waals surface area contributed by atoms with E-state index in [4.69, 9.17) is 9.57 Å². The molecule has 2 aromatic carbocycles. The molecule has 196 valence electrons. The first-order chi connectivity index (χ1) is 18.0. The lowest BCUT2D eigenvalue weighted by molar-refractivity contribution is -0.0917. The zero-order chi connectivity index (χ0) is 25.8. The van der Waals surface area contributed by atoms with Gasteiger partial charge in [-0.25, -0.2) is 4.79 Å². The molecular formula is C30H38N4O3. The number of fused-ring (bicyclic) bond motifs is 1. The lowest BCUT2D eigenvalue weighted by Crippen LogP contribution is -2.46. The van der Waals surface area contributed by atoms with E-state index >= 15 is 0 Å². The number of nitrogens with zero attached hydrogens (tertiary/aromatic N) is 2. The molecule has 1 saturated carbocycles. The topological polar surface area (TPSA) is 69.8 Å². The number of amides is 1. The van der Waals surface area contributed by atoms with Crippen LogP contribution in [0.4, 0.5) is 4.79 Å². The Hall–Kier alpha value is -3.29. The second-order valence-electron chi connectivity index (χ2n) is 10.5. The number of H-pyrrole nitrogens is 1. The molecule has 0 atom stereocenters. The summed E-state index contributed by atoms with van der Waals surface area (Å²) in [6.07, 6.45) is 8.98. The summed E-state index contributed by atoms with van der Waals surface area (Å²) in [6.45, 7) is 1.90. The first kappa shape index (κ1) is 25.4. The summed E-state index contributed by atoms with van der Waals surface area (Å²) in [6, 6.07) is 16.9. The molecule has 1 aliphatic heterocycles. The van der Waals surface area contributed by atoms with Gasteiger partial charge in [-0.05, 0) is 81.5 Å². The number of aromatic nitrogens is 1. The fraction of sp³-hybridized carbons (Fsp3) is 0.433. The number of carbonyl (C=O) groups excluding carboxylic acids is 1. The molecule has 3 aromatic rings. The largest absolute Gasteiger partial charge is 0.497 e. The zero-order valence-electron chi connectivity index (χ0n) is 22.1. The summed E-state index contributed by atoms with van der Waals surface area (Å²) < 4.78 is 5.39. The Bertz CT molecular complexity index is 1240. The normalized spacial score (nSPS) is 22.6. The van der Waals surface area contributed by atoms with Gasteiger partial charge in [0.1, 0.15) is 5.75 Å². The molecule has 2 aliphatic rings. The van der Waals surface area contributed by atoms with Gasteiger partial charge in [0.2, 0.25) is 0 Å². The Morgan fingerprint density at radius 3 is 2.62 bits per heavy atom. The van der Waals surface area contributed by atoms with Gasteiger partial charge in [-0.1, -0.05) is 36.4 Å². The van der Waals surface area contributed by atoms with Gasteiger partial charge in [0, 0.05) is 41.3 Å². The highest BCUT2D eigenvalue weighted by atomic mass is 16.7. The third kappa shape index (κ3) is 5.38. The Morgan fingerprint density at radius 2 is 1.95 bits per heavy atom. The molecule has 0 radical (unpaired) electrons. The molecule has 2 heterocycles. The first-order valence-electron chi connectivity index (χ1n) is 13.3. The molecule has 7 nitrogen and oxygen atoms in total. The molecule has 1 aromatic heterocycles. The number of aromatic amines is 1. The maximum Gasteiger partial charge on any atom is 0.426 e. The average molecular weight is 503 g/mol. The van der Waals surface area contributed by atoms with E-state index in [-0.39, 0.29) is 11.6 Å². The quantitative estimate of drug-likeness (QED) is 0.443. The van der Waals surface area contributed by atoms with Crippen LogP contribution in [0.2, 0.25) is 0 Å². The van der Waals surface area contributed by atoms with Crippen molar-refractivity contribution in [3.63, 3.8) is 0 Å². The number of benzene rings is 2. The molecule has 0 spiro atoms. The molecule has 37 heavy (non-hydrogen) atoms. The van der Waals surface area contributed by atoms with Crippen LogP contribution in [0.25, 0.3) is 16.5 Å². The number of carbonyl (C=O) groups is 1. The maximum absolute atomic E-state index is 12.5. The summed E-state index contributed by atoms with van der Waals surface area (Å²) >= 11 is 0. The lowest BCUT2D eigenvalue weighted by atomic mass is 9.72. The fourth-order valence-electron chi connectivity index (χ4n) is 5.95. The van der Waals surface area contributed by atoms with Crippen LogP contribution in [0.3, 0.4) is 0 Å². The van der Waals surface area contributed by atoms with Crippen molar-refractivity contribution < 1.29 is 14.4 Å². The van der Waals surface area contributed by atoms with Crippen molar-refractivity contribution in [1.82, 2.24) is 20.3 Å². The van der Waals surface area contributed by atoms with Gasteiger partial charge >= 0.3 is 6.09 Å². The van der Waals surface area contributed by atoms with E-state index in [0.29, 0.717) is 25.6 Å². The number of hydrogen-bond acceptors (Lipinski definition) is 5. The van der Waals surface area contributed by atoms with E-state index in [0.717, 1.165) is 48.8 Å². The van der Waals surface area contributed by atoms with E-state index < -0.39 is 0 Å². The van der Waals surface area contributed by atoms with Crippen molar-refractivity contribution in [3.05, 3.63) is 71.9 Å². The summed E-state index contributed by atoms with van der Waals surface area (Å²) in [4.78, 5) is 23.9. The van der Waals surface area contributed by atoms with Crippen LogP contribution in [0.15, 0.2) is 60.8 Å². The van der Waals surface area contributed by atoms with E-state index in [2.05, 4.69) is 71.8 Å². The van der Waals surface area contributed by atoms with Crippen molar-refractivity contribution in [2.45, 2.75) is 37.6 Å². The van der Waals surface area contributed by atoms with Gasteiger partial charge in [-0.15, -0.1) is 5.06 Å². The predicted molar refractivity (Wildman–Crippen MR) is 147 cm³/mol. The van der Waals surface area contributed by atoms with E-state index in [1.54, 1.807) is 12.2 Å². The number of ether oxygens (including phenoxy) is 1. The number of nitrogens with one attached hydrogen (secondary N) is 2. The van der Waals surface area contributed by atoms with Crippen LogP contribution in [-0.2, 0) is 10.4 Å². The monoisotopic (exact) mass is 502 g/mol. The van der Waals surface area contributed by atoms with Crippen LogP contribution in [-0.4, -0.2) is 61.9 Å². The van der Waals surface area contributed by atoms with Crippen molar-refractivity contribution in [2.24, 2.45) is 5.92 Å². The zero-order valence-corrected chi connectivity index (χ0v) is 22.1. The minimum absolute atomic E-state index is 0.0754. The van der Waals surface area contributed by atoms with E-state index in [1.807, 2.05) is 18.3 Å². The van der Waals surface area contributed by atoms with Crippen molar-refractivity contribution >= 4 is 22.6 Å². The molecule has 7 heteroatoms. The third-order valence-corrected chi connectivity index (χ3v) is 8.25. The minimum atomic E-state index is -0.360. The predicted octanol–water partition coefficient (Wildman–Crippen LogP) is 5.55. The molecule has 1 aliphatic carbocycles. The van der Waals surface area contributed by atoms with Crippen molar-refractivity contribution in [1.29, 1.82) is 0 Å². The SMILES string of the molecule is COc1ccc2[nH]cc(C3=CCN(OC(=O)NCC4CCC(c5ccccc5)(N(C)C)CC4)CC3)c2c1. The highest BCUT2D eigenvalue weighted by Crippen LogP contribution is 2.42. The van der Waals surface area contributed by atoms with Crippen LogP contribution >= 0.6 is 0 Å². The number of rotatable bonds is 7. The number of hydroxylamine groups is 2. The lowest BCUT2D eigenvalue weighted by Gasteiger charge is -2.45. The molecule has 1 amide bonds. The number of methoxy groups -OCH3 is 1. The molecule has 1 fully saturated rings. The van der Waals surface area contributed by atoms with Crippen LogP contribution in [0, 0.1) is 5.92 Å². The second kappa shape index (κ2) is 11.0. The van der Waals surface area contributed by atoms with Gasteiger partial charge < -0.3 is 19.9 Å². The third-order valence-electron chi connectivity index (χ3n) is 8.25. The summed E-state index contributed by atoms with van der Waals surface area (Å²) in [5.74, 6) is 1.31. The Balaban J connectivity index is 1.10. The minimum Gasteiger partial charge on any atom is -0.497 e. The second-order valence-corrected chi connectivity index (χ2v) is 10.5. The maximum atomic E-state index is 12.5. The first-order valence-corrected chi connectivity index (χ1v) is 13.3. The molecule has 0 unspecified atom stereocenters. The molecule has 0 saturated heterocycles. The number of hydrogen-bond donors (Lipinski definition) is 2. The fourth-order valence-corrected chi connectivity index (χ4v) is 5.95. The van der Waals surface area contributed by atoms with Gasteiger partial charge in [-0.3, -0.25) is 4.90 Å². The Kier molecular flexibility index (Phi) is 7.53. The van der Waals surface area contributed by atoms with Crippen molar-refractivity contribution in [2.75, 3.05) is 40.8 Å². The molecule has 0 bridgehead atoms. The van der Waals surface area contributed by atoms with Crippen LogP contribution in [0.1, 0.15) is 43.2 Å². The van der Waals surface area contributed by atoms with Gasteiger partial charge in [0.15, 0.2) is 0 Å². The Morgan fingerprint density at radius 1 is 1.16 bits per heavy atom.